The van der Waals surface area contributed by atoms with Crippen LogP contribution in [0.3, 0.4) is 0 Å². The van der Waals surface area contributed by atoms with Gasteiger partial charge in [-0.3, -0.25) is 9.78 Å². The normalized spacial score (nSPS) is 17.9. The number of esters is 1. The molecule has 1 atom stereocenters. The molecule has 1 fully saturated rings. The van der Waals surface area contributed by atoms with Gasteiger partial charge in [0.05, 0.1) is 29.9 Å². The molecular formula is C18H19N3O5S. The van der Waals surface area contributed by atoms with Gasteiger partial charge in [-0.2, -0.15) is 0 Å². The second-order valence-electron chi connectivity index (χ2n) is 6.17. The lowest BCUT2D eigenvalue weighted by atomic mass is 10.1. The summed E-state index contributed by atoms with van der Waals surface area (Å²) in [5.41, 5.74) is 1.60. The highest BCUT2D eigenvalue weighted by Crippen LogP contribution is 2.22. The number of para-hydroxylation sites is 1. The Balaban J connectivity index is 1.75. The lowest BCUT2D eigenvalue weighted by Crippen LogP contribution is -2.36. The number of nitrogens with one attached hydrogen (secondary N) is 2. The van der Waals surface area contributed by atoms with E-state index in [2.05, 4.69) is 15.6 Å². The highest BCUT2D eigenvalue weighted by Gasteiger charge is 2.29. The van der Waals surface area contributed by atoms with Crippen molar-refractivity contribution in [3.63, 3.8) is 0 Å². The quantitative estimate of drug-likeness (QED) is 0.745. The molecule has 0 saturated carbocycles. The van der Waals surface area contributed by atoms with Crippen molar-refractivity contribution >= 4 is 33.1 Å². The highest BCUT2D eigenvalue weighted by molar-refractivity contribution is 7.91. The summed E-state index contributed by atoms with van der Waals surface area (Å²) in [7, 11) is -1.78. The molecule has 0 bridgehead atoms. The molecule has 2 N–H and O–H groups in total. The summed E-state index contributed by atoms with van der Waals surface area (Å²) in [6, 6.07) is 9.63. The number of amides is 1. The largest absolute Gasteiger partial charge is 0.465 e. The van der Waals surface area contributed by atoms with E-state index in [0.29, 0.717) is 23.4 Å². The number of pyridine rings is 1. The van der Waals surface area contributed by atoms with Gasteiger partial charge in [-0.1, -0.05) is 12.1 Å². The van der Waals surface area contributed by atoms with Gasteiger partial charge in [-0.15, -0.1) is 0 Å². The standard InChI is InChI=1S/C18H19N3O5S/c1-26-18(23)14-4-2-3-5-15(14)20-12-6-8-19-16(10-12)17(22)21-13-7-9-27(24,25)11-13/h2-6,8,10,13H,7,9,11H2,1H3,(H,19,20)(H,21,22). The van der Waals surface area contributed by atoms with Gasteiger partial charge in [0.2, 0.25) is 0 Å². The second-order valence-corrected chi connectivity index (χ2v) is 8.39. The van der Waals surface area contributed by atoms with Crippen LogP contribution in [0.15, 0.2) is 42.6 Å². The van der Waals surface area contributed by atoms with E-state index in [0.717, 1.165) is 0 Å². The summed E-state index contributed by atoms with van der Waals surface area (Å²) in [6.45, 7) is 0. The molecule has 0 spiro atoms. The molecule has 1 aliphatic rings. The van der Waals surface area contributed by atoms with E-state index < -0.39 is 27.8 Å². The third kappa shape index (κ3) is 4.62. The molecule has 1 unspecified atom stereocenters. The van der Waals surface area contributed by atoms with Crippen molar-refractivity contribution in [2.75, 3.05) is 23.9 Å². The Morgan fingerprint density at radius 1 is 1.22 bits per heavy atom. The van der Waals surface area contributed by atoms with Crippen molar-refractivity contribution in [2.24, 2.45) is 0 Å². The van der Waals surface area contributed by atoms with Crippen molar-refractivity contribution in [3.05, 3.63) is 53.9 Å². The molecule has 27 heavy (non-hydrogen) atoms. The fourth-order valence-electron chi connectivity index (χ4n) is 2.84. The number of ether oxygens (including phenoxy) is 1. The maximum Gasteiger partial charge on any atom is 0.339 e. The molecular weight excluding hydrogens is 370 g/mol. The van der Waals surface area contributed by atoms with Crippen molar-refractivity contribution in [3.8, 4) is 0 Å². The Morgan fingerprint density at radius 3 is 2.70 bits per heavy atom. The number of methoxy groups -OCH3 is 1. The number of anilines is 2. The maximum absolute atomic E-state index is 12.4. The molecule has 1 saturated heterocycles. The van der Waals surface area contributed by atoms with Gasteiger partial charge >= 0.3 is 5.97 Å². The Bertz CT molecular complexity index is 974. The number of rotatable bonds is 5. The molecule has 8 nitrogen and oxygen atoms in total. The van der Waals surface area contributed by atoms with Gasteiger partial charge in [0.1, 0.15) is 5.69 Å². The van der Waals surface area contributed by atoms with Gasteiger partial charge in [-0.05, 0) is 30.7 Å². The van der Waals surface area contributed by atoms with Crippen molar-refractivity contribution in [1.82, 2.24) is 10.3 Å². The smallest absolute Gasteiger partial charge is 0.339 e. The zero-order valence-corrected chi connectivity index (χ0v) is 15.5. The monoisotopic (exact) mass is 389 g/mol. The molecule has 9 heteroatoms. The Morgan fingerprint density at radius 2 is 2.00 bits per heavy atom. The summed E-state index contributed by atoms with van der Waals surface area (Å²) in [4.78, 5) is 28.3. The van der Waals surface area contributed by atoms with Crippen LogP contribution >= 0.6 is 0 Å². The summed E-state index contributed by atoms with van der Waals surface area (Å²) >= 11 is 0. The summed E-state index contributed by atoms with van der Waals surface area (Å²) in [5, 5.41) is 5.77. The first-order chi connectivity index (χ1) is 12.9. The van der Waals surface area contributed by atoms with Crippen LogP contribution in [0.2, 0.25) is 0 Å². The van der Waals surface area contributed by atoms with E-state index in [1.807, 2.05) is 0 Å². The van der Waals surface area contributed by atoms with Crippen molar-refractivity contribution in [1.29, 1.82) is 0 Å². The van der Waals surface area contributed by atoms with E-state index in [1.54, 1.807) is 30.3 Å². The molecule has 142 valence electrons. The van der Waals surface area contributed by atoms with Gasteiger partial charge in [-0.25, -0.2) is 13.2 Å². The van der Waals surface area contributed by atoms with Gasteiger partial charge < -0.3 is 15.4 Å². The van der Waals surface area contributed by atoms with E-state index in [4.69, 9.17) is 4.74 Å². The molecule has 2 aromatic rings. The van der Waals surface area contributed by atoms with Crippen molar-refractivity contribution in [2.45, 2.75) is 12.5 Å². The third-order valence-electron chi connectivity index (χ3n) is 4.17. The van der Waals surface area contributed by atoms with Crippen LogP contribution < -0.4 is 10.6 Å². The number of nitrogens with zero attached hydrogens (tertiary/aromatic N) is 1. The third-order valence-corrected chi connectivity index (χ3v) is 5.94. The lowest BCUT2D eigenvalue weighted by Gasteiger charge is -2.13. The molecule has 1 aromatic heterocycles. The first-order valence-corrected chi connectivity index (χ1v) is 10.1. The average molecular weight is 389 g/mol. The second kappa shape index (κ2) is 7.75. The average Bonchev–Trinajstić information content (AvgIpc) is 3.00. The Kier molecular flexibility index (Phi) is 5.41. The highest BCUT2D eigenvalue weighted by atomic mass is 32.2. The van der Waals surface area contributed by atoms with E-state index in [-0.39, 0.29) is 17.2 Å². The molecule has 0 radical (unpaired) electrons. The Labute approximate surface area is 156 Å². The maximum atomic E-state index is 12.4. The van der Waals surface area contributed by atoms with Crippen LogP contribution in [0.5, 0.6) is 0 Å². The topological polar surface area (TPSA) is 114 Å². The summed E-state index contributed by atoms with van der Waals surface area (Å²) in [6.07, 6.45) is 1.86. The number of benzene rings is 1. The SMILES string of the molecule is COC(=O)c1ccccc1Nc1ccnc(C(=O)NC2CCS(=O)(=O)C2)c1. The predicted molar refractivity (Wildman–Crippen MR) is 99.8 cm³/mol. The minimum absolute atomic E-state index is 0.0524. The van der Waals surface area contributed by atoms with E-state index in [9.17, 15) is 18.0 Å². The van der Waals surface area contributed by atoms with Gasteiger partial charge in [0.15, 0.2) is 9.84 Å². The molecule has 1 aromatic carbocycles. The molecule has 1 amide bonds. The van der Waals surface area contributed by atoms with Crippen LogP contribution in [-0.2, 0) is 14.6 Å². The van der Waals surface area contributed by atoms with Crippen LogP contribution in [0.25, 0.3) is 0 Å². The fourth-order valence-corrected chi connectivity index (χ4v) is 4.51. The number of sulfone groups is 1. The zero-order chi connectivity index (χ0) is 19.4. The summed E-state index contributed by atoms with van der Waals surface area (Å²) in [5.74, 6) is -0.893. The van der Waals surface area contributed by atoms with E-state index >= 15 is 0 Å². The summed E-state index contributed by atoms with van der Waals surface area (Å²) < 4.78 is 27.8. The number of carbonyl (C=O) groups excluding carboxylic acids is 2. The van der Waals surface area contributed by atoms with Crippen LogP contribution in [0.1, 0.15) is 27.3 Å². The predicted octanol–water partition coefficient (Wildman–Crippen LogP) is 1.53. The first kappa shape index (κ1) is 18.8. The van der Waals surface area contributed by atoms with Gasteiger partial charge in [0, 0.05) is 17.9 Å². The molecule has 0 aliphatic carbocycles. The number of hydrogen-bond acceptors (Lipinski definition) is 7. The van der Waals surface area contributed by atoms with Crippen LogP contribution in [-0.4, -0.2) is 49.9 Å². The van der Waals surface area contributed by atoms with Gasteiger partial charge in [0.25, 0.3) is 5.91 Å². The minimum atomic E-state index is -3.08. The van der Waals surface area contributed by atoms with E-state index in [1.165, 1.54) is 19.4 Å². The fraction of sp³-hybridized carbons (Fsp3) is 0.278. The molecule has 3 rings (SSSR count). The number of aromatic nitrogens is 1. The van der Waals surface area contributed by atoms with Crippen LogP contribution in [0.4, 0.5) is 11.4 Å². The molecule has 1 aliphatic heterocycles. The minimum Gasteiger partial charge on any atom is -0.465 e. The zero-order valence-electron chi connectivity index (χ0n) is 14.6. The Hall–Kier alpha value is -2.94. The van der Waals surface area contributed by atoms with Crippen LogP contribution in [0, 0.1) is 0 Å². The number of hydrogen-bond donors (Lipinski definition) is 2. The first-order valence-electron chi connectivity index (χ1n) is 8.29. The number of carbonyl (C=O) groups is 2. The molecule has 2 heterocycles. The lowest BCUT2D eigenvalue weighted by molar-refractivity contribution is 0.0601. The van der Waals surface area contributed by atoms with Crippen molar-refractivity contribution < 1.29 is 22.7 Å².